The van der Waals surface area contributed by atoms with Crippen molar-refractivity contribution in [1.82, 2.24) is 0 Å². The zero-order valence-corrected chi connectivity index (χ0v) is 67.6. The fourth-order valence-corrected chi connectivity index (χ4v) is 13.9. The van der Waals surface area contributed by atoms with Crippen LogP contribution in [0.3, 0.4) is 0 Å². The third-order valence-corrected chi connectivity index (χ3v) is 21.8. The second-order valence-electron chi connectivity index (χ2n) is 30.4. The number of aliphatic hydroxyl groups is 1. The second-order valence-corrected chi connectivity index (χ2v) is 33.3. The Morgan fingerprint density at radius 1 is 0.280 bits per heavy atom. The number of hydrogen-bond acceptors (Lipinski definition) is 15. The van der Waals surface area contributed by atoms with Crippen LogP contribution in [0.15, 0.2) is 0 Å². The highest BCUT2D eigenvalue weighted by Crippen LogP contribution is 2.45. The number of rotatable bonds is 78. The van der Waals surface area contributed by atoms with Gasteiger partial charge in [-0.2, -0.15) is 0 Å². The first-order valence-corrected chi connectivity index (χ1v) is 44.8. The molecule has 0 bridgehead atoms. The van der Waals surface area contributed by atoms with Crippen molar-refractivity contribution in [2.24, 2.45) is 23.7 Å². The summed E-state index contributed by atoms with van der Waals surface area (Å²) in [5.74, 6) is 1.08. The van der Waals surface area contributed by atoms with E-state index in [1.807, 2.05) is 0 Å². The zero-order chi connectivity index (χ0) is 73.8. The summed E-state index contributed by atoms with van der Waals surface area (Å²) < 4.78 is 68.7. The van der Waals surface area contributed by atoms with Gasteiger partial charge in [0.15, 0.2) is 12.2 Å². The maximum atomic E-state index is 13.1. The highest BCUT2D eigenvalue weighted by Gasteiger charge is 2.30. The lowest BCUT2D eigenvalue weighted by Gasteiger charge is -2.21. The van der Waals surface area contributed by atoms with E-state index in [1.165, 1.54) is 212 Å². The van der Waals surface area contributed by atoms with Crippen molar-refractivity contribution < 1.29 is 80.2 Å². The maximum Gasteiger partial charge on any atom is 0.472 e. The maximum absolute atomic E-state index is 13.1. The molecule has 594 valence electrons. The third kappa shape index (κ3) is 70.4. The molecule has 0 aromatic rings. The number of carbonyl (C=O) groups is 4. The Labute approximate surface area is 613 Å². The molecule has 3 N–H and O–H groups in total. The number of carbonyl (C=O) groups excluding carboxylic acids is 4. The molecular weight excluding hydrogens is 1310 g/mol. The summed E-state index contributed by atoms with van der Waals surface area (Å²) in [4.78, 5) is 73.0. The molecule has 0 aliphatic carbocycles. The molecule has 8 atom stereocenters. The van der Waals surface area contributed by atoms with E-state index < -0.39 is 97.5 Å². The Bertz CT molecular complexity index is 1960. The Kier molecular flexibility index (Phi) is 68.7. The Hall–Kier alpha value is -1.94. The average molecular weight is 1470 g/mol. The van der Waals surface area contributed by atoms with E-state index in [9.17, 15) is 43.2 Å². The smallest absolute Gasteiger partial charge is 0.462 e. The molecular formula is C81H158O17P2. The third-order valence-electron chi connectivity index (χ3n) is 19.9. The van der Waals surface area contributed by atoms with E-state index >= 15 is 0 Å². The molecule has 0 saturated carbocycles. The quantitative estimate of drug-likeness (QED) is 0.0222. The standard InChI is InChI=1S/C81H158O17P2/c1-9-72(6)58-50-42-34-28-22-16-12-14-18-24-31-37-47-55-63-80(85)97-76(67-91-78(83)61-53-45-36-30-26-20-21-27-33-41-49-57-71(4)5)69-95-99(87,88)93-65-75(82)66-94-100(89,90)96-70-77(68-92-79(84)62-54-46-40-39-44-52-60-74(8)11-3)98-81(86)64-56-48-38-32-25-19-15-13-17-23-29-35-43-51-59-73(7)10-2/h71-77,82H,9-70H2,1-8H3,(H,87,88)(H,89,90)/t72?,73?,74?,75-,76-,77-/m1/s1. The van der Waals surface area contributed by atoms with E-state index in [4.69, 9.17) is 37.0 Å². The summed E-state index contributed by atoms with van der Waals surface area (Å²) in [5.41, 5.74) is 0. The monoisotopic (exact) mass is 1470 g/mol. The summed E-state index contributed by atoms with van der Waals surface area (Å²) in [7, 11) is -9.92. The van der Waals surface area contributed by atoms with Crippen LogP contribution in [0, 0.1) is 23.7 Å². The van der Waals surface area contributed by atoms with Gasteiger partial charge in [0.25, 0.3) is 0 Å². The number of ether oxygens (including phenoxy) is 4. The topological polar surface area (TPSA) is 237 Å². The molecule has 0 fully saturated rings. The SMILES string of the molecule is CCC(C)CCCCCCCCCCCCCCCCC(=O)O[C@H](COC(=O)CCCCCCCCCCCCCC(C)C)COP(=O)(O)OC[C@@H](O)COP(=O)(O)OC[C@@H](COC(=O)CCCCCCCCC(C)CC)OC(=O)CCCCCCCCCCCCCCCCC(C)CC. The van der Waals surface area contributed by atoms with E-state index in [0.29, 0.717) is 25.7 Å². The van der Waals surface area contributed by atoms with Gasteiger partial charge in [-0.05, 0) is 49.4 Å². The molecule has 0 aromatic carbocycles. The average Bonchev–Trinajstić information content (AvgIpc) is 0.979. The van der Waals surface area contributed by atoms with Crippen LogP contribution in [0.1, 0.15) is 415 Å². The van der Waals surface area contributed by atoms with Crippen LogP contribution in [0.5, 0.6) is 0 Å². The van der Waals surface area contributed by atoms with Gasteiger partial charge in [0, 0.05) is 25.7 Å². The highest BCUT2D eigenvalue weighted by atomic mass is 31.2. The fraction of sp³-hybridized carbons (Fsp3) is 0.951. The van der Waals surface area contributed by atoms with Gasteiger partial charge in [-0.15, -0.1) is 0 Å². The summed E-state index contributed by atoms with van der Waals surface area (Å²) in [6.07, 6.45) is 56.7. The van der Waals surface area contributed by atoms with Gasteiger partial charge in [-0.3, -0.25) is 37.3 Å². The minimum Gasteiger partial charge on any atom is -0.462 e. The molecule has 100 heavy (non-hydrogen) atoms. The summed E-state index contributed by atoms with van der Waals surface area (Å²) in [6, 6.07) is 0. The molecule has 0 aliphatic heterocycles. The van der Waals surface area contributed by atoms with Crippen molar-refractivity contribution in [2.75, 3.05) is 39.6 Å². The van der Waals surface area contributed by atoms with Gasteiger partial charge in [-0.25, -0.2) is 9.13 Å². The first-order chi connectivity index (χ1) is 48.2. The van der Waals surface area contributed by atoms with Crippen LogP contribution in [0.2, 0.25) is 0 Å². The fourth-order valence-electron chi connectivity index (χ4n) is 12.3. The first kappa shape index (κ1) is 98.1. The van der Waals surface area contributed by atoms with Crippen LogP contribution in [-0.4, -0.2) is 96.7 Å². The lowest BCUT2D eigenvalue weighted by atomic mass is 9.99. The second kappa shape index (κ2) is 70.1. The number of esters is 4. The Morgan fingerprint density at radius 3 is 0.710 bits per heavy atom. The van der Waals surface area contributed by atoms with Crippen LogP contribution in [-0.2, 0) is 65.4 Å². The van der Waals surface area contributed by atoms with Crippen molar-refractivity contribution in [3.63, 3.8) is 0 Å². The number of phosphoric ester groups is 2. The van der Waals surface area contributed by atoms with Crippen molar-refractivity contribution in [3.8, 4) is 0 Å². The zero-order valence-electron chi connectivity index (χ0n) is 65.8. The van der Waals surface area contributed by atoms with Crippen LogP contribution in [0.4, 0.5) is 0 Å². The minimum atomic E-state index is -4.96. The van der Waals surface area contributed by atoms with Crippen LogP contribution < -0.4 is 0 Å². The van der Waals surface area contributed by atoms with Crippen molar-refractivity contribution in [3.05, 3.63) is 0 Å². The molecule has 0 saturated heterocycles. The molecule has 0 aromatic heterocycles. The first-order valence-electron chi connectivity index (χ1n) is 41.8. The summed E-state index contributed by atoms with van der Waals surface area (Å²) in [5, 5.41) is 10.6. The molecule has 0 aliphatic rings. The lowest BCUT2D eigenvalue weighted by Crippen LogP contribution is -2.30. The van der Waals surface area contributed by atoms with Gasteiger partial charge in [-0.1, -0.05) is 364 Å². The van der Waals surface area contributed by atoms with Crippen LogP contribution in [0.25, 0.3) is 0 Å². The van der Waals surface area contributed by atoms with Crippen LogP contribution >= 0.6 is 15.6 Å². The molecule has 19 heteroatoms. The number of hydrogen-bond donors (Lipinski definition) is 3. The number of phosphoric acid groups is 2. The van der Waals surface area contributed by atoms with E-state index in [0.717, 1.165) is 120 Å². The van der Waals surface area contributed by atoms with Crippen molar-refractivity contribution in [1.29, 1.82) is 0 Å². The predicted octanol–water partition coefficient (Wildman–Crippen LogP) is 24.0. The molecule has 0 spiro atoms. The molecule has 0 radical (unpaired) electrons. The summed E-state index contributed by atoms with van der Waals surface area (Å²) in [6.45, 7) is 14.3. The van der Waals surface area contributed by atoms with E-state index in [1.54, 1.807) is 0 Å². The largest absolute Gasteiger partial charge is 0.472 e. The van der Waals surface area contributed by atoms with Gasteiger partial charge < -0.3 is 33.8 Å². The molecule has 0 heterocycles. The Balaban J connectivity index is 5.25. The minimum absolute atomic E-state index is 0.106. The van der Waals surface area contributed by atoms with Gasteiger partial charge in [0.2, 0.25) is 0 Å². The van der Waals surface area contributed by atoms with E-state index in [2.05, 4.69) is 55.4 Å². The molecule has 17 nitrogen and oxygen atoms in total. The normalized spacial score (nSPS) is 14.8. The van der Waals surface area contributed by atoms with Gasteiger partial charge in [0.1, 0.15) is 19.3 Å². The van der Waals surface area contributed by atoms with E-state index in [-0.39, 0.29) is 25.7 Å². The summed E-state index contributed by atoms with van der Waals surface area (Å²) >= 11 is 0. The van der Waals surface area contributed by atoms with Gasteiger partial charge in [0.05, 0.1) is 26.4 Å². The van der Waals surface area contributed by atoms with Crippen molar-refractivity contribution in [2.45, 2.75) is 433 Å². The number of aliphatic hydroxyl groups excluding tert-OH is 1. The molecule has 5 unspecified atom stereocenters. The highest BCUT2D eigenvalue weighted by molar-refractivity contribution is 7.47. The number of unbranched alkanes of at least 4 members (excludes halogenated alkanes) is 41. The lowest BCUT2D eigenvalue weighted by molar-refractivity contribution is -0.161. The van der Waals surface area contributed by atoms with Gasteiger partial charge >= 0.3 is 39.5 Å². The molecule has 0 amide bonds. The predicted molar refractivity (Wildman–Crippen MR) is 409 cm³/mol. The van der Waals surface area contributed by atoms with Crippen molar-refractivity contribution >= 4 is 39.5 Å². The Morgan fingerprint density at radius 2 is 0.480 bits per heavy atom. The molecule has 0 rings (SSSR count).